The van der Waals surface area contributed by atoms with Crippen molar-refractivity contribution in [2.24, 2.45) is 0 Å². The molecule has 4 rings (SSSR count). The molecule has 0 aliphatic heterocycles. The van der Waals surface area contributed by atoms with E-state index >= 15 is 0 Å². The zero-order valence-electron chi connectivity index (χ0n) is 17.2. The number of carbonyl (C=O) groups is 1. The van der Waals surface area contributed by atoms with Gasteiger partial charge in [-0.05, 0) is 79.0 Å². The van der Waals surface area contributed by atoms with Crippen LogP contribution in [0.5, 0.6) is 0 Å². The van der Waals surface area contributed by atoms with Gasteiger partial charge in [-0.2, -0.15) is 0 Å². The first-order valence-corrected chi connectivity index (χ1v) is 11.5. The highest BCUT2D eigenvalue weighted by atomic mass is 79.9. The van der Waals surface area contributed by atoms with E-state index in [0.717, 1.165) is 21.4 Å². The topological polar surface area (TPSA) is 67.4 Å². The maximum absolute atomic E-state index is 12.2. The van der Waals surface area contributed by atoms with E-state index in [1.54, 1.807) is 24.3 Å². The SMILES string of the molecule is O=C(/C=C/c1ccc(-c2ccc(Cl)cc2)o1)NC(=S)NCc1ccc(-c2ccc(Br)cc2)o1. The van der Waals surface area contributed by atoms with Gasteiger partial charge in [-0.25, -0.2) is 0 Å². The van der Waals surface area contributed by atoms with Crippen molar-refractivity contribution < 1.29 is 13.6 Å². The monoisotopic (exact) mass is 540 g/mol. The summed E-state index contributed by atoms with van der Waals surface area (Å²) in [6, 6.07) is 22.5. The molecule has 0 saturated carbocycles. The third-order valence-corrected chi connectivity index (χ3v) is 5.63. The first-order chi connectivity index (χ1) is 16.0. The van der Waals surface area contributed by atoms with Gasteiger partial charge in [0.1, 0.15) is 23.0 Å². The molecule has 2 aromatic heterocycles. The number of hydrogen-bond donors (Lipinski definition) is 2. The lowest BCUT2D eigenvalue weighted by molar-refractivity contribution is -0.115. The van der Waals surface area contributed by atoms with E-state index in [1.165, 1.54) is 6.08 Å². The van der Waals surface area contributed by atoms with Crippen molar-refractivity contribution in [3.8, 4) is 22.6 Å². The predicted octanol–water partition coefficient (Wildman–Crippen LogP) is 6.83. The number of thiocarbonyl (C=S) groups is 1. The van der Waals surface area contributed by atoms with Crippen molar-refractivity contribution in [3.63, 3.8) is 0 Å². The lowest BCUT2D eigenvalue weighted by Gasteiger charge is -2.06. The van der Waals surface area contributed by atoms with Crippen LogP contribution in [-0.2, 0) is 11.3 Å². The van der Waals surface area contributed by atoms with Crippen LogP contribution in [-0.4, -0.2) is 11.0 Å². The smallest absolute Gasteiger partial charge is 0.250 e. The Hall–Kier alpha value is -3.13. The molecule has 8 heteroatoms. The van der Waals surface area contributed by atoms with E-state index in [0.29, 0.717) is 28.8 Å². The quantitative estimate of drug-likeness (QED) is 0.207. The summed E-state index contributed by atoms with van der Waals surface area (Å²) in [7, 11) is 0. The number of furan rings is 2. The van der Waals surface area contributed by atoms with E-state index in [2.05, 4.69) is 26.6 Å². The van der Waals surface area contributed by atoms with Crippen molar-refractivity contribution in [2.45, 2.75) is 6.54 Å². The van der Waals surface area contributed by atoms with Crippen molar-refractivity contribution in [2.75, 3.05) is 0 Å². The molecule has 5 nitrogen and oxygen atoms in total. The molecule has 33 heavy (non-hydrogen) atoms. The molecule has 0 bridgehead atoms. The van der Waals surface area contributed by atoms with Gasteiger partial charge in [0, 0.05) is 26.7 Å². The summed E-state index contributed by atoms with van der Waals surface area (Å²) < 4.78 is 12.6. The first-order valence-electron chi connectivity index (χ1n) is 9.93. The third-order valence-electron chi connectivity index (χ3n) is 4.60. The zero-order chi connectivity index (χ0) is 23.2. The highest BCUT2D eigenvalue weighted by molar-refractivity contribution is 9.10. The minimum absolute atomic E-state index is 0.201. The third kappa shape index (κ3) is 6.44. The Kier molecular flexibility index (Phi) is 7.44. The molecule has 4 aromatic rings. The fourth-order valence-electron chi connectivity index (χ4n) is 2.98. The molecule has 0 spiro atoms. The molecule has 2 N–H and O–H groups in total. The van der Waals surface area contributed by atoms with Gasteiger partial charge in [0.2, 0.25) is 5.91 Å². The van der Waals surface area contributed by atoms with Crippen LogP contribution in [0.25, 0.3) is 28.7 Å². The van der Waals surface area contributed by atoms with Gasteiger partial charge >= 0.3 is 0 Å². The molecule has 0 fully saturated rings. The van der Waals surface area contributed by atoms with E-state index in [1.807, 2.05) is 54.6 Å². The summed E-state index contributed by atoms with van der Waals surface area (Å²) in [6.45, 7) is 0.349. The Morgan fingerprint density at radius 3 is 2.27 bits per heavy atom. The average Bonchev–Trinajstić information content (AvgIpc) is 3.47. The molecular formula is C25H18BrClN2O3S. The number of rotatable bonds is 6. The van der Waals surface area contributed by atoms with E-state index < -0.39 is 0 Å². The van der Waals surface area contributed by atoms with Crippen molar-refractivity contribution in [1.29, 1.82) is 0 Å². The number of amides is 1. The van der Waals surface area contributed by atoms with Gasteiger partial charge in [0.15, 0.2) is 5.11 Å². The molecule has 0 aliphatic rings. The maximum Gasteiger partial charge on any atom is 0.250 e. The molecular weight excluding hydrogens is 524 g/mol. The van der Waals surface area contributed by atoms with Crippen LogP contribution < -0.4 is 10.6 Å². The van der Waals surface area contributed by atoms with Gasteiger partial charge in [-0.1, -0.05) is 39.7 Å². The lowest BCUT2D eigenvalue weighted by Crippen LogP contribution is -2.37. The second-order valence-corrected chi connectivity index (χ2v) is 8.75. The van der Waals surface area contributed by atoms with Crippen LogP contribution in [0.2, 0.25) is 5.02 Å². The Morgan fingerprint density at radius 2 is 1.55 bits per heavy atom. The van der Waals surface area contributed by atoms with Gasteiger partial charge in [-0.3, -0.25) is 10.1 Å². The number of carbonyl (C=O) groups excluding carboxylic acids is 1. The van der Waals surface area contributed by atoms with E-state index in [4.69, 9.17) is 32.7 Å². The minimum Gasteiger partial charge on any atom is -0.459 e. The second kappa shape index (κ2) is 10.7. The molecule has 1 amide bonds. The summed E-state index contributed by atoms with van der Waals surface area (Å²) in [5.74, 6) is 2.32. The Labute approximate surface area is 209 Å². The number of halogens is 2. The van der Waals surface area contributed by atoms with Crippen LogP contribution in [0.3, 0.4) is 0 Å². The van der Waals surface area contributed by atoms with Gasteiger partial charge < -0.3 is 14.2 Å². The molecule has 2 aromatic carbocycles. The molecule has 0 unspecified atom stereocenters. The highest BCUT2D eigenvalue weighted by Crippen LogP contribution is 2.25. The van der Waals surface area contributed by atoms with Crippen molar-refractivity contribution in [1.82, 2.24) is 10.6 Å². The summed E-state index contributed by atoms with van der Waals surface area (Å²) in [5.41, 5.74) is 1.87. The van der Waals surface area contributed by atoms with Crippen molar-refractivity contribution in [3.05, 3.63) is 99.9 Å². The summed E-state index contributed by atoms with van der Waals surface area (Å²) in [6.07, 6.45) is 2.94. The summed E-state index contributed by atoms with van der Waals surface area (Å²) >= 11 is 14.5. The van der Waals surface area contributed by atoms with Gasteiger partial charge in [0.05, 0.1) is 6.54 Å². The minimum atomic E-state index is -0.369. The summed E-state index contributed by atoms with van der Waals surface area (Å²) in [5, 5.41) is 6.42. The number of nitrogens with one attached hydrogen (secondary N) is 2. The van der Waals surface area contributed by atoms with E-state index in [-0.39, 0.29) is 11.0 Å². The molecule has 0 atom stereocenters. The molecule has 0 radical (unpaired) electrons. The van der Waals surface area contributed by atoms with Crippen molar-refractivity contribution >= 4 is 56.8 Å². The van der Waals surface area contributed by atoms with Gasteiger partial charge in [-0.15, -0.1) is 0 Å². The zero-order valence-corrected chi connectivity index (χ0v) is 20.3. The fourth-order valence-corrected chi connectivity index (χ4v) is 3.54. The largest absolute Gasteiger partial charge is 0.459 e. The van der Waals surface area contributed by atoms with Crippen LogP contribution in [0.15, 0.2) is 92.2 Å². The molecule has 0 aliphatic carbocycles. The Morgan fingerprint density at radius 1 is 0.909 bits per heavy atom. The highest BCUT2D eigenvalue weighted by Gasteiger charge is 2.07. The lowest BCUT2D eigenvalue weighted by atomic mass is 10.2. The van der Waals surface area contributed by atoms with E-state index in [9.17, 15) is 4.79 Å². The summed E-state index contributed by atoms with van der Waals surface area (Å²) in [4.78, 5) is 12.2. The molecule has 166 valence electrons. The normalized spacial score (nSPS) is 11.0. The van der Waals surface area contributed by atoms with Crippen LogP contribution >= 0.6 is 39.7 Å². The Balaban J connectivity index is 1.26. The first kappa shape index (κ1) is 23.0. The maximum atomic E-state index is 12.2. The predicted molar refractivity (Wildman–Crippen MR) is 138 cm³/mol. The Bertz CT molecular complexity index is 1290. The molecule has 0 saturated heterocycles. The standard InChI is InChI=1S/C25H18BrClN2O3S/c26-18-5-1-16(2-6-18)23-13-10-21(32-23)15-28-25(33)29-24(30)14-11-20-9-12-22(31-20)17-3-7-19(27)8-4-17/h1-14H,15H2,(H2,28,29,30,33)/b14-11+. The molecule has 2 heterocycles. The van der Waals surface area contributed by atoms with Gasteiger partial charge in [0.25, 0.3) is 0 Å². The second-order valence-electron chi connectivity index (χ2n) is 6.99. The fraction of sp³-hybridized carbons (Fsp3) is 0.0400. The number of hydrogen-bond acceptors (Lipinski definition) is 4. The van der Waals surface area contributed by atoms with Crippen LogP contribution in [0.4, 0.5) is 0 Å². The average molecular weight is 542 g/mol. The number of benzene rings is 2. The van der Waals surface area contributed by atoms with Crippen LogP contribution in [0, 0.1) is 0 Å². The van der Waals surface area contributed by atoms with Crippen LogP contribution in [0.1, 0.15) is 11.5 Å².